The summed E-state index contributed by atoms with van der Waals surface area (Å²) in [5.74, 6) is 7.01. The molecular formula is C24H41N3OS. The summed E-state index contributed by atoms with van der Waals surface area (Å²) in [6.45, 7) is 16.3. The van der Waals surface area contributed by atoms with Crippen LogP contribution in [-0.2, 0) is 4.79 Å². The number of hydrogen-bond acceptors (Lipinski definition) is 4. The third-order valence-corrected chi connectivity index (χ3v) is 5.46. The lowest BCUT2D eigenvalue weighted by molar-refractivity contribution is -0.121. The second-order valence-electron chi connectivity index (χ2n) is 7.65. The molecule has 0 aliphatic rings. The van der Waals surface area contributed by atoms with E-state index in [1.807, 2.05) is 0 Å². The summed E-state index contributed by atoms with van der Waals surface area (Å²) in [6, 6.07) is -0.0216. The van der Waals surface area contributed by atoms with Crippen LogP contribution in [-0.4, -0.2) is 23.5 Å². The maximum Gasteiger partial charge on any atom is 0.220 e. The Labute approximate surface area is 182 Å². The number of rotatable bonds is 16. The summed E-state index contributed by atoms with van der Waals surface area (Å²) < 4.78 is 0. The first kappa shape index (κ1) is 27.3. The molecule has 164 valence electrons. The number of nitrogens with one attached hydrogen (secondary N) is 2. The highest BCUT2D eigenvalue weighted by atomic mass is 32.2. The predicted molar refractivity (Wildman–Crippen MR) is 131 cm³/mol. The summed E-state index contributed by atoms with van der Waals surface area (Å²) in [5, 5.41) is 2.98. The molecule has 0 bridgehead atoms. The molecule has 0 aromatic rings. The number of hydrogen-bond donors (Lipinski definition) is 3. The smallest absolute Gasteiger partial charge is 0.220 e. The lowest BCUT2D eigenvalue weighted by atomic mass is 10.1. The van der Waals surface area contributed by atoms with E-state index in [2.05, 4.69) is 69.8 Å². The summed E-state index contributed by atoms with van der Waals surface area (Å²) >= 11 is 1.80. The lowest BCUT2D eigenvalue weighted by Gasteiger charge is -2.14. The molecule has 0 radical (unpaired) electrons. The molecular weight excluding hydrogens is 378 g/mol. The second kappa shape index (κ2) is 17.2. The number of nitrogens with two attached hydrogens (primary N) is 1. The van der Waals surface area contributed by atoms with Crippen LogP contribution in [0.2, 0.25) is 0 Å². The average Bonchev–Trinajstić information content (AvgIpc) is 2.67. The Kier molecular flexibility index (Phi) is 16.1. The van der Waals surface area contributed by atoms with Crippen LogP contribution >= 0.6 is 11.8 Å². The molecule has 4 N–H and O–H groups in total. The fourth-order valence-corrected chi connectivity index (χ4v) is 3.53. The van der Waals surface area contributed by atoms with Crippen LogP contribution in [0.4, 0.5) is 0 Å². The first-order valence-electron chi connectivity index (χ1n) is 10.4. The minimum absolute atomic E-state index is 0.00892. The molecule has 0 rings (SSSR count). The summed E-state index contributed by atoms with van der Waals surface area (Å²) in [6.07, 6.45) is 14.1. The third kappa shape index (κ3) is 16.9. The van der Waals surface area contributed by atoms with E-state index in [0.29, 0.717) is 18.5 Å². The molecule has 0 spiro atoms. The SMILES string of the molecule is C=CC(CSC/C=C(\C)CC/C=C(\C)CCC=C(C)C)NC(=O)CCC(=C)NN. The van der Waals surface area contributed by atoms with Crippen molar-refractivity contribution < 1.29 is 4.79 Å². The highest BCUT2D eigenvalue weighted by Gasteiger charge is 2.09. The molecule has 0 aromatic carbocycles. The number of hydrazine groups is 1. The molecule has 0 aliphatic carbocycles. The van der Waals surface area contributed by atoms with Crippen molar-refractivity contribution in [3.63, 3.8) is 0 Å². The van der Waals surface area contributed by atoms with Crippen molar-refractivity contribution in [1.29, 1.82) is 0 Å². The zero-order valence-electron chi connectivity index (χ0n) is 18.9. The van der Waals surface area contributed by atoms with E-state index in [9.17, 15) is 4.79 Å². The number of allylic oxidation sites excluding steroid dienone is 6. The van der Waals surface area contributed by atoms with Gasteiger partial charge in [0, 0.05) is 23.6 Å². The van der Waals surface area contributed by atoms with Gasteiger partial charge in [-0.1, -0.05) is 47.6 Å². The summed E-state index contributed by atoms with van der Waals surface area (Å²) in [7, 11) is 0. The maximum atomic E-state index is 11.9. The molecule has 0 saturated carbocycles. The Bertz CT molecular complexity index is 601. The molecule has 0 heterocycles. The first-order chi connectivity index (χ1) is 13.8. The van der Waals surface area contributed by atoms with Crippen molar-refractivity contribution in [3.05, 3.63) is 59.9 Å². The highest BCUT2D eigenvalue weighted by Crippen LogP contribution is 2.13. The van der Waals surface area contributed by atoms with Gasteiger partial charge in [0.2, 0.25) is 5.91 Å². The highest BCUT2D eigenvalue weighted by molar-refractivity contribution is 7.99. The van der Waals surface area contributed by atoms with Gasteiger partial charge < -0.3 is 10.7 Å². The van der Waals surface area contributed by atoms with Crippen LogP contribution in [0, 0.1) is 0 Å². The minimum Gasteiger partial charge on any atom is -0.349 e. The molecule has 1 unspecified atom stereocenters. The van der Waals surface area contributed by atoms with E-state index in [-0.39, 0.29) is 11.9 Å². The minimum atomic E-state index is -0.0216. The zero-order chi connectivity index (χ0) is 22.1. The standard InChI is InChI=1S/C24H41N3OS/c1-7-23(26-24(28)15-14-22(6)27-25)18-29-17-16-21(5)13-9-12-20(4)11-8-10-19(2)3/h7,10,12,16,23,27H,1,6,8-9,11,13-15,17-18,25H2,2-5H3,(H,26,28)/b20-12+,21-16+. The van der Waals surface area contributed by atoms with Crippen molar-refractivity contribution in [3.8, 4) is 0 Å². The van der Waals surface area contributed by atoms with Crippen molar-refractivity contribution in [2.24, 2.45) is 5.84 Å². The fourth-order valence-electron chi connectivity index (χ4n) is 2.52. The van der Waals surface area contributed by atoms with Crippen molar-refractivity contribution in [2.45, 2.75) is 72.3 Å². The van der Waals surface area contributed by atoms with E-state index in [1.165, 1.54) is 16.7 Å². The van der Waals surface area contributed by atoms with Gasteiger partial charge >= 0.3 is 0 Å². The quantitative estimate of drug-likeness (QED) is 0.132. The molecule has 29 heavy (non-hydrogen) atoms. The van der Waals surface area contributed by atoms with Gasteiger partial charge in [0.1, 0.15) is 0 Å². The number of amides is 1. The number of carbonyl (C=O) groups is 1. The van der Waals surface area contributed by atoms with Crippen molar-refractivity contribution in [1.82, 2.24) is 10.7 Å². The first-order valence-corrected chi connectivity index (χ1v) is 11.5. The number of thioether (sulfide) groups is 1. The van der Waals surface area contributed by atoms with Gasteiger partial charge in [0.25, 0.3) is 0 Å². The Hall–Kier alpha value is -1.72. The number of carbonyl (C=O) groups excluding carboxylic acids is 1. The molecule has 4 nitrogen and oxygen atoms in total. The molecule has 0 aliphatic heterocycles. The van der Waals surface area contributed by atoms with Gasteiger partial charge in [0.15, 0.2) is 0 Å². The third-order valence-electron chi connectivity index (χ3n) is 4.46. The molecule has 1 atom stereocenters. The van der Waals surface area contributed by atoms with Crippen LogP contribution in [0.5, 0.6) is 0 Å². The van der Waals surface area contributed by atoms with Crippen LogP contribution in [0.1, 0.15) is 66.2 Å². The van der Waals surface area contributed by atoms with E-state index in [0.717, 1.165) is 37.2 Å². The van der Waals surface area contributed by atoms with E-state index < -0.39 is 0 Å². The summed E-state index contributed by atoms with van der Waals surface area (Å²) in [4.78, 5) is 11.9. The lowest BCUT2D eigenvalue weighted by Crippen LogP contribution is -2.35. The van der Waals surface area contributed by atoms with E-state index in [1.54, 1.807) is 17.8 Å². The predicted octanol–water partition coefficient (Wildman–Crippen LogP) is 5.57. The Balaban J connectivity index is 4.07. The van der Waals surface area contributed by atoms with E-state index >= 15 is 0 Å². The van der Waals surface area contributed by atoms with Gasteiger partial charge in [-0.05, 0) is 59.8 Å². The van der Waals surface area contributed by atoms with Crippen LogP contribution < -0.4 is 16.6 Å². The fraction of sp³-hybridized carbons (Fsp3) is 0.542. The molecule has 5 heteroatoms. The van der Waals surface area contributed by atoms with Crippen molar-refractivity contribution in [2.75, 3.05) is 11.5 Å². The van der Waals surface area contributed by atoms with Gasteiger partial charge in [-0.15, -0.1) is 6.58 Å². The summed E-state index contributed by atoms with van der Waals surface area (Å²) in [5.41, 5.74) is 7.40. The van der Waals surface area contributed by atoms with Crippen LogP contribution in [0.3, 0.4) is 0 Å². The Morgan fingerprint density at radius 1 is 1.00 bits per heavy atom. The molecule has 0 aromatic heterocycles. The van der Waals surface area contributed by atoms with Gasteiger partial charge in [-0.3, -0.25) is 10.6 Å². The molecule has 0 fully saturated rings. The van der Waals surface area contributed by atoms with Gasteiger partial charge in [-0.25, -0.2) is 0 Å². The normalized spacial score (nSPS) is 12.9. The second-order valence-corrected chi connectivity index (χ2v) is 8.73. The average molecular weight is 420 g/mol. The topological polar surface area (TPSA) is 67.2 Å². The van der Waals surface area contributed by atoms with Crippen LogP contribution in [0.15, 0.2) is 59.9 Å². The Morgan fingerprint density at radius 2 is 1.62 bits per heavy atom. The zero-order valence-corrected chi connectivity index (χ0v) is 19.7. The Morgan fingerprint density at radius 3 is 2.21 bits per heavy atom. The van der Waals surface area contributed by atoms with Crippen LogP contribution in [0.25, 0.3) is 0 Å². The monoisotopic (exact) mass is 419 g/mol. The van der Waals surface area contributed by atoms with Gasteiger partial charge in [-0.2, -0.15) is 11.8 Å². The maximum absolute atomic E-state index is 11.9. The van der Waals surface area contributed by atoms with Crippen molar-refractivity contribution >= 4 is 17.7 Å². The van der Waals surface area contributed by atoms with E-state index in [4.69, 9.17) is 5.84 Å². The molecule has 0 saturated heterocycles. The molecule has 1 amide bonds. The van der Waals surface area contributed by atoms with Gasteiger partial charge in [0.05, 0.1) is 6.04 Å². The largest absolute Gasteiger partial charge is 0.349 e.